The second-order valence-electron chi connectivity index (χ2n) is 7.24. The molecule has 0 aliphatic carbocycles. The van der Waals surface area contributed by atoms with Crippen molar-refractivity contribution < 1.29 is 24.1 Å². The van der Waals surface area contributed by atoms with Crippen LogP contribution in [0.5, 0.6) is 28.9 Å². The van der Waals surface area contributed by atoms with Crippen LogP contribution in [0.25, 0.3) is 10.9 Å². The number of benzene rings is 3. The lowest BCUT2D eigenvalue weighted by molar-refractivity contribution is -0.0104. The number of rotatable bonds is 5. The molecule has 0 spiro atoms. The first kappa shape index (κ1) is 19.2. The summed E-state index contributed by atoms with van der Waals surface area (Å²) in [5.74, 6) is 2.93. The first-order chi connectivity index (χ1) is 15.2. The summed E-state index contributed by atoms with van der Waals surface area (Å²) in [5, 5.41) is 12.0. The Morgan fingerprint density at radius 2 is 1.77 bits per heavy atom. The molecule has 0 unspecified atom stereocenters. The number of aromatic nitrogens is 1. The lowest BCUT2D eigenvalue weighted by atomic mass is 10.0. The van der Waals surface area contributed by atoms with Gasteiger partial charge in [0.1, 0.15) is 35.7 Å². The SMILES string of the molecule is COc1cccc(O[C@H]2COc3ccc(Oc4ccc5ccccc5n4)cc3[C@H]2O)c1. The fraction of sp³-hybridized carbons (Fsp3) is 0.160. The Balaban J connectivity index is 1.36. The molecule has 2 heterocycles. The van der Waals surface area contributed by atoms with Gasteiger partial charge in [-0.25, -0.2) is 4.98 Å². The molecule has 156 valence electrons. The molecular weight excluding hydrogens is 394 g/mol. The Bertz CT molecular complexity index is 1230. The van der Waals surface area contributed by atoms with Crippen molar-refractivity contribution in [3.8, 4) is 28.9 Å². The van der Waals surface area contributed by atoms with Gasteiger partial charge in [-0.3, -0.25) is 0 Å². The van der Waals surface area contributed by atoms with Gasteiger partial charge in [0, 0.05) is 23.1 Å². The summed E-state index contributed by atoms with van der Waals surface area (Å²) in [6, 6.07) is 24.2. The highest BCUT2D eigenvalue weighted by molar-refractivity contribution is 5.78. The lowest BCUT2D eigenvalue weighted by Gasteiger charge is -2.31. The molecule has 4 aromatic rings. The number of ether oxygens (including phenoxy) is 4. The van der Waals surface area contributed by atoms with Gasteiger partial charge in [0.25, 0.3) is 0 Å². The highest BCUT2D eigenvalue weighted by Crippen LogP contribution is 2.37. The molecule has 1 aliphatic rings. The minimum atomic E-state index is -0.872. The van der Waals surface area contributed by atoms with Crippen molar-refractivity contribution in [1.82, 2.24) is 4.98 Å². The van der Waals surface area contributed by atoms with Crippen LogP contribution in [0.4, 0.5) is 0 Å². The zero-order chi connectivity index (χ0) is 21.2. The minimum absolute atomic E-state index is 0.234. The van der Waals surface area contributed by atoms with E-state index >= 15 is 0 Å². The molecule has 1 aliphatic heterocycles. The van der Waals surface area contributed by atoms with Gasteiger partial charge >= 0.3 is 0 Å². The molecule has 6 nitrogen and oxygen atoms in total. The van der Waals surface area contributed by atoms with E-state index in [0.717, 1.165) is 10.9 Å². The second-order valence-corrected chi connectivity index (χ2v) is 7.24. The van der Waals surface area contributed by atoms with Crippen LogP contribution in [0.1, 0.15) is 11.7 Å². The Hall–Kier alpha value is -3.77. The molecule has 3 aromatic carbocycles. The molecule has 5 rings (SSSR count). The van der Waals surface area contributed by atoms with E-state index in [1.807, 2.05) is 54.6 Å². The van der Waals surface area contributed by atoms with E-state index < -0.39 is 12.2 Å². The smallest absolute Gasteiger partial charge is 0.219 e. The topological polar surface area (TPSA) is 70.0 Å². The van der Waals surface area contributed by atoms with Crippen LogP contribution in [0.15, 0.2) is 78.9 Å². The van der Waals surface area contributed by atoms with E-state index in [1.165, 1.54) is 0 Å². The van der Waals surface area contributed by atoms with E-state index in [4.69, 9.17) is 18.9 Å². The number of pyridine rings is 1. The predicted molar refractivity (Wildman–Crippen MR) is 116 cm³/mol. The average Bonchev–Trinajstić information content (AvgIpc) is 2.81. The molecule has 0 saturated heterocycles. The molecule has 31 heavy (non-hydrogen) atoms. The van der Waals surface area contributed by atoms with Gasteiger partial charge in [0.15, 0.2) is 6.10 Å². The maximum atomic E-state index is 10.9. The van der Waals surface area contributed by atoms with Crippen LogP contribution >= 0.6 is 0 Å². The third-order valence-corrected chi connectivity index (χ3v) is 5.18. The summed E-state index contributed by atoms with van der Waals surface area (Å²) >= 11 is 0. The normalized spacial score (nSPS) is 17.5. The van der Waals surface area contributed by atoms with Crippen LogP contribution in [-0.2, 0) is 0 Å². The van der Waals surface area contributed by atoms with Crippen molar-refractivity contribution in [2.24, 2.45) is 0 Å². The van der Waals surface area contributed by atoms with Gasteiger partial charge < -0.3 is 24.1 Å². The molecule has 1 aromatic heterocycles. The monoisotopic (exact) mass is 415 g/mol. The second kappa shape index (κ2) is 8.16. The van der Waals surface area contributed by atoms with E-state index in [9.17, 15) is 5.11 Å². The minimum Gasteiger partial charge on any atom is -0.497 e. The van der Waals surface area contributed by atoms with Crippen molar-refractivity contribution in [2.75, 3.05) is 13.7 Å². The summed E-state index contributed by atoms with van der Waals surface area (Å²) in [5.41, 5.74) is 1.46. The van der Waals surface area contributed by atoms with Gasteiger partial charge in [-0.05, 0) is 42.5 Å². The molecule has 2 atom stereocenters. The van der Waals surface area contributed by atoms with Crippen LogP contribution in [0.2, 0.25) is 0 Å². The van der Waals surface area contributed by atoms with Crippen molar-refractivity contribution in [1.29, 1.82) is 0 Å². The third-order valence-electron chi connectivity index (χ3n) is 5.18. The Morgan fingerprint density at radius 1 is 0.903 bits per heavy atom. The maximum Gasteiger partial charge on any atom is 0.219 e. The number of fused-ring (bicyclic) bond motifs is 2. The Morgan fingerprint density at radius 3 is 2.68 bits per heavy atom. The van der Waals surface area contributed by atoms with Crippen LogP contribution in [0, 0.1) is 0 Å². The predicted octanol–water partition coefficient (Wildman–Crippen LogP) is 4.91. The molecule has 6 heteroatoms. The fourth-order valence-corrected chi connectivity index (χ4v) is 3.59. The number of nitrogens with zero attached hydrogens (tertiary/aromatic N) is 1. The summed E-state index contributed by atoms with van der Waals surface area (Å²) in [4.78, 5) is 4.54. The molecule has 0 bridgehead atoms. The Kier molecular flexibility index (Phi) is 5.06. The first-order valence-electron chi connectivity index (χ1n) is 9.99. The molecular formula is C25H21NO5. The zero-order valence-electron chi connectivity index (χ0n) is 16.9. The molecule has 0 amide bonds. The van der Waals surface area contributed by atoms with E-state index in [2.05, 4.69) is 4.98 Å². The number of aliphatic hydroxyl groups excluding tert-OH is 1. The fourth-order valence-electron chi connectivity index (χ4n) is 3.59. The average molecular weight is 415 g/mol. The van der Waals surface area contributed by atoms with Crippen molar-refractivity contribution >= 4 is 10.9 Å². The van der Waals surface area contributed by atoms with E-state index in [-0.39, 0.29) is 6.61 Å². The number of hydrogen-bond acceptors (Lipinski definition) is 6. The number of aliphatic hydroxyl groups is 1. The summed E-state index contributed by atoms with van der Waals surface area (Å²) in [7, 11) is 1.60. The number of hydrogen-bond donors (Lipinski definition) is 1. The van der Waals surface area contributed by atoms with Crippen LogP contribution in [0.3, 0.4) is 0 Å². The highest BCUT2D eigenvalue weighted by atomic mass is 16.5. The Labute approximate surface area is 179 Å². The van der Waals surface area contributed by atoms with Gasteiger partial charge in [0.05, 0.1) is 12.6 Å². The largest absolute Gasteiger partial charge is 0.497 e. The summed E-state index contributed by atoms with van der Waals surface area (Å²) < 4.78 is 23.0. The van der Waals surface area contributed by atoms with Gasteiger partial charge in [-0.2, -0.15) is 0 Å². The standard InChI is InChI=1S/C25H21NO5/c1-28-17-6-4-7-18(13-17)30-23-15-29-22-11-10-19(14-20(22)25(23)27)31-24-12-9-16-5-2-3-8-21(16)26-24/h2-14,23,25,27H,15H2,1H3/t23-,25+/m0/s1. The van der Waals surface area contributed by atoms with Crippen molar-refractivity contribution in [3.63, 3.8) is 0 Å². The zero-order valence-corrected chi connectivity index (χ0v) is 16.9. The molecule has 0 saturated carbocycles. The van der Waals surface area contributed by atoms with Gasteiger partial charge in [-0.1, -0.05) is 24.3 Å². The quantitative estimate of drug-likeness (QED) is 0.500. The highest BCUT2D eigenvalue weighted by Gasteiger charge is 2.31. The van der Waals surface area contributed by atoms with Gasteiger partial charge in [0.2, 0.25) is 5.88 Å². The summed E-state index contributed by atoms with van der Waals surface area (Å²) in [6.07, 6.45) is -1.43. The number of methoxy groups -OCH3 is 1. The molecule has 0 radical (unpaired) electrons. The van der Waals surface area contributed by atoms with E-state index in [0.29, 0.717) is 34.4 Å². The molecule has 0 fully saturated rings. The third kappa shape index (κ3) is 3.98. The van der Waals surface area contributed by atoms with Gasteiger partial charge in [-0.15, -0.1) is 0 Å². The first-order valence-corrected chi connectivity index (χ1v) is 9.99. The lowest BCUT2D eigenvalue weighted by Crippen LogP contribution is -2.35. The molecule has 1 N–H and O–H groups in total. The van der Waals surface area contributed by atoms with Crippen LogP contribution in [-0.4, -0.2) is 29.9 Å². The van der Waals surface area contributed by atoms with E-state index in [1.54, 1.807) is 31.4 Å². The van der Waals surface area contributed by atoms with Crippen LogP contribution < -0.4 is 18.9 Å². The van der Waals surface area contributed by atoms with Crippen molar-refractivity contribution in [2.45, 2.75) is 12.2 Å². The maximum absolute atomic E-state index is 10.9. The summed E-state index contributed by atoms with van der Waals surface area (Å²) in [6.45, 7) is 0.234. The van der Waals surface area contributed by atoms with Crippen molar-refractivity contribution in [3.05, 3.63) is 84.4 Å². The number of para-hydroxylation sites is 1.